The summed E-state index contributed by atoms with van der Waals surface area (Å²) in [6.07, 6.45) is -2.64. The van der Waals surface area contributed by atoms with Crippen LogP contribution in [-0.2, 0) is 6.42 Å². The molecule has 0 aliphatic carbocycles. The van der Waals surface area contributed by atoms with Gasteiger partial charge in [-0.3, -0.25) is 0 Å². The number of rotatable bonds is 2. The summed E-state index contributed by atoms with van der Waals surface area (Å²) in [5.41, 5.74) is 0.140. The van der Waals surface area contributed by atoms with Gasteiger partial charge in [-0.25, -0.2) is 13.8 Å². The third kappa shape index (κ3) is 2.60. The third-order valence-electron chi connectivity index (χ3n) is 1.57. The van der Waals surface area contributed by atoms with E-state index in [0.717, 1.165) is 0 Å². The van der Waals surface area contributed by atoms with E-state index in [1.807, 2.05) is 28.7 Å². The first-order valence-corrected chi connectivity index (χ1v) is 5.43. The van der Waals surface area contributed by atoms with Gasteiger partial charge in [0.1, 0.15) is 8.30 Å². The minimum atomic E-state index is -2.58. The zero-order valence-corrected chi connectivity index (χ0v) is 10.5. The summed E-state index contributed by atoms with van der Waals surface area (Å²) in [7, 11) is 0. The molecular weight excluding hydrogens is 369 g/mol. The molecule has 0 N–H and O–H groups in total. The topological polar surface area (TPSA) is 36.7 Å². The molecule has 1 rings (SSSR count). The molecule has 74 valence electrons. The maximum atomic E-state index is 12.5. The van der Waals surface area contributed by atoms with Gasteiger partial charge in [0, 0.05) is 11.1 Å². The van der Waals surface area contributed by atoms with Crippen LogP contribution in [0.1, 0.15) is 17.6 Å². The smallest absolute Gasteiger partial charge is 0.235 e. The number of nitrogens with zero attached hydrogens (tertiary/aromatic N) is 2. The van der Waals surface area contributed by atoms with E-state index >= 15 is 0 Å². The lowest BCUT2D eigenvalue weighted by molar-refractivity contribution is 0.150. The van der Waals surface area contributed by atoms with Crippen LogP contribution in [0, 0.1) is 15.0 Å². The van der Waals surface area contributed by atoms with Crippen molar-refractivity contribution in [1.82, 2.24) is 4.98 Å². The van der Waals surface area contributed by atoms with E-state index in [1.165, 1.54) is 6.07 Å². The van der Waals surface area contributed by atoms with Crippen molar-refractivity contribution in [2.75, 3.05) is 0 Å². The minimum absolute atomic E-state index is 0.0653. The van der Waals surface area contributed by atoms with Crippen LogP contribution >= 0.6 is 38.5 Å². The molecule has 0 fully saturated rings. The Morgan fingerprint density at radius 2 is 2.29 bits per heavy atom. The van der Waals surface area contributed by atoms with Gasteiger partial charge >= 0.3 is 0 Å². The molecule has 0 saturated carbocycles. The number of alkyl halides is 2. The zero-order valence-electron chi connectivity index (χ0n) is 6.77. The first-order valence-electron chi connectivity index (χ1n) is 3.56. The quantitative estimate of drug-likeness (QED) is 0.589. The molecule has 14 heavy (non-hydrogen) atoms. The number of hydrogen-bond acceptors (Lipinski definition) is 2. The van der Waals surface area contributed by atoms with Crippen LogP contribution in [0.15, 0.2) is 10.7 Å². The lowest BCUT2D eigenvalue weighted by Crippen LogP contribution is -1.99. The minimum Gasteiger partial charge on any atom is -0.235 e. The summed E-state index contributed by atoms with van der Waals surface area (Å²) >= 11 is 4.92. The summed E-state index contributed by atoms with van der Waals surface area (Å²) in [6, 6.07) is 3.13. The Hall–Kier alpha value is -0.290. The number of hydrogen-bond donors (Lipinski definition) is 0. The van der Waals surface area contributed by atoms with Crippen molar-refractivity contribution >= 4 is 38.5 Å². The number of nitriles is 1. The van der Waals surface area contributed by atoms with E-state index in [9.17, 15) is 8.78 Å². The second-order valence-electron chi connectivity index (χ2n) is 2.44. The van der Waals surface area contributed by atoms with Crippen molar-refractivity contribution < 1.29 is 8.78 Å². The molecule has 0 atom stereocenters. The van der Waals surface area contributed by atoms with Crippen LogP contribution < -0.4 is 0 Å². The molecular formula is C8H4BrF2IN2. The Morgan fingerprint density at radius 3 is 2.79 bits per heavy atom. The van der Waals surface area contributed by atoms with Crippen molar-refractivity contribution in [2.45, 2.75) is 12.8 Å². The average Bonchev–Trinajstić information content (AvgIpc) is 2.09. The molecule has 0 aromatic carbocycles. The van der Waals surface area contributed by atoms with E-state index in [-0.39, 0.29) is 17.5 Å². The summed E-state index contributed by atoms with van der Waals surface area (Å²) in [4.78, 5) is 3.95. The summed E-state index contributed by atoms with van der Waals surface area (Å²) in [5, 5.41) is 8.47. The number of aromatic nitrogens is 1. The normalized spacial score (nSPS) is 10.3. The lowest BCUT2D eigenvalue weighted by atomic mass is 10.1. The van der Waals surface area contributed by atoms with Crippen molar-refractivity contribution in [2.24, 2.45) is 0 Å². The van der Waals surface area contributed by atoms with E-state index in [1.54, 1.807) is 0 Å². The van der Waals surface area contributed by atoms with Crippen LogP contribution in [0.25, 0.3) is 0 Å². The third-order valence-corrected chi connectivity index (χ3v) is 2.78. The molecule has 2 nitrogen and oxygen atoms in total. The fourth-order valence-electron chi connectivity index (χ4n) is 0.977. The predicted molar refractivity (Wildman–Crippen MR) is 58.9 cm³/mol. The molecule has 1 heterocycles. The fraction of sp³-hybridized carbons (Fsp3) is 0.250. The Bertz CT molecular complexity index is 390. The monoisotopic (exact) mass is 372 g/mol. The molecule has 0 bridgehead atoms. The highest BCUT2D eigenvalue weighted by atomic mass is 127. The Kier molecular flexibility index (Phi) is 4.19. The summed E-state index contributed by atoms with van der Waals surface area (Å²) < 4.78 is 25.9. The zero-order chi connectivity index (χ0) is 10.7. The Labute approximate surface area is 102 Å². The molecule has 1 aromatic rings. The van der Waals surface area contributed by atoms with E-state index in [2.05, 4.69) is 20.9 Å². The first-order chi connectivity index (χ1) is 6.56. The van der Waals surface area contributed by atoms with Gasteiger partial charge in [0.2, 0.25) is 0 Å². The van der Waals surface area contributed by atoms with Crippen LogP contribution in [0.3, 0.4) is 0 Å². The van der Waals surface area contributed by atoms with Gasteiger partial charge in [0.15, 0.2) is 0 Å². The van der Waals surface area contributed by atoms with Gasteiger partial charge in [-0.1, -0.05) is 0 Å². The lowest BCUT2D eigenvalue weighted by Gasteiger charge is -2.07. The molecule has 0 radical (unpaired) electrons. The summed E-state index contributed by atoms with van der Waals surface area (Å²) in [5.74, 6) is 0. The van der Waals surface area contributed by atoms with Crippen molar-refractivity contribution in [3.05, 3.63) is 25.5 Å². The molecule has 0 amide bonds. The second-order valence-corrected chi connectivity index (χ2v) is 4.30. The largest absolute Gasteiger partial charge is 0.264 e. The first kappa shape index (κ1) is 11.8. The Morgan fingerprint density at radius 1 is 1.64 bits per heavy atom. The highest BCUT2D eigenvalue weighted by Gasteiger charge is 2.17. The van der Waals surface area contributed by atoms with Gasteiger partial charge in [-0.2, -0.15) is 5.26 Å². The summed E-state index contributed by atoms with van der Waals surface area (Å²) in [6.45, 7) is 0. The predicted octanol–water partition coefficient (Wildman–Crippen LogP) is 3.45. The van der Waals surface area contributed by atoms with Crippen molar-refractivity contribution in [3.63, 3.8) is 0 Å². The van der Waals surface area contributed by atoms with Gasteiger partial charge in [-0.05, 0) is 44.6 Å². The van der Waals surface area contributed by atoms with E-state index in [0.29, 0.717) is 8.30 Å². The molecule has 0 unspecified atom stereocenters. The SMILES string of the molecule is N#CCc1c(C(F)F)cc(I)nc1Br. The number of pyridine rings is 1. The van der Waals surface area contributed by atoms with Crippen LogP contribution in [0.5, 0.6) is 0 Å². The van der Waals surface area contributed by atoms with Gasteiger partial charge in [0.05, 0.1) is 12.5 Å². The molecule has 0 aliphatic heterocycles. The molecule has 0 aliphatic rings. The highest BCUT2D eigenvalue weighted by Crippen LogP contribution is 2.29. The molecule has 0 spiro atoms. The second kappa shape index (κ2) is 4.98. The van der Waals surface area contributed by atoms with Crippen LogP contribution in [0.2, 0.25) is 0 Å². The van der Waals surface area contributed by atoms with Crippen LogP contribution in [0.4, 0.5) is 8.78 Å². The maximum Gasteiger partial charge on any atom is 0.264 e. The standard InChI is InChI=1S/C8H4BrF2IN2/c9-7-4(1-2-13)5(8(10)11)3-6(12)14-7/h3,8H,1H2. The van der Waals surface area contributed by atoms with Crippen molar-refractivity contribution in [3.8, 4) is 6.07 Å². The molecule has 0 saturated heterocycles. The number of halogens is 4. The van der Waals surface area contributed by atoms with Gasteiger partial charge in [0.25, 0.3) is 6.43 Å². The van der Waals surface area contributed by atoms with Crippen molar-refractivity contribution in [1.29, 1.82) is 5.26 Å². The average molecular weight is 373 g/mol. The fourth-order valence-corrected chi connectivity index (χ4v) is 2.45. The van der Waals surface area contributed by atoms with Gasteiger partial charge < -0.3 is 0 Å². The van der Waals surface area contributed by atoms with E-state index < -0.39 is 6.43 Å². The van der Waals surface area contributed by atoms with Crippen LogP contribution in [-0.4, -0.2) is 4.98 Å². The Balaban J connectivity index is 3.30. The molecule has 1 aromatic heterocycles. The maximum absolute atomic E-state index is 12.5. The molecule has 6 heteroatoms. The van der Waals surface area contributed by atoms with Gasteiger partial charge in [-0.15, -0.1) is 0 Å². The highest BCUT2D eigenvalue weighted by molar-refractivity contribution is 14.1. The van der Waals surface area contributed by atoms with E-state index in [4.69, 9.17) is 5.26 Å².